The van der Waals surface area contributed by atoms with E-state index in [1.54, 1.807) is 27.4 Å². The molecule has 2 N–H and O–H groups in total. The van der Waals surface area contributed by atoms with Crippen molar-refractivity contribution >= 4 is 0 Å². The third-order valence-electron chi connectivity index (χ3n) is 2.14. The van der Waals surface area contributed by atoms with Gasteiger partial charge in [0.2, 0.25) is 0 Å². The van der Waals surface area contributed by atoms with E-state index in [4.69, 9.17) is 24.7 Å². The van der Waals surface area contributed by atoms with Crippen molar-refractivity contribution in [3.05, 3.63) is 12.7 Å². The van der Waals surface area contributed by atoms with E-state index in [0.717, 1.165) is 0 Å². The van der Waals surface area contributed by atoms with Crippen molar-refractivity contribution in [2.45, 2.75) is 18.2 Å². The smallest absolute Gasteiger partial charge is 0.134 e. The molecule has 0 saturated carbocycles. The van der Waals surface area contributed by atoms with Gasteiger partial charge in [-0.3, -0.25) is 0 Å². The second-order valence-electron chi connectivity index (χ2n) is 3.57. The molecular weight excluding hydrogens is 210 g/mol. The molecule has 5 nitrogen and oxygen atoms in total. The van der Waals surface area contributed by atoms with Crippen molar-refractivity contribution < 1.29 is 18.9 Å². The minimum Gasteiger partial charge on any atom is -0.385 e. The van der Waals surface area contributed by atoms with Gasteiger partial charge in [0.15, 0.2) is 0 Å². The molecule has 16 heavy (non-hydrogen) atoms. The molecule has 0 aliphatic carbocycles. The molecular formula is C11H23NO4. The summed E-state index contributed by atoms with van der Waals surface area (Å²) in [6, 6.07) is 0. The molecule has 0 saturated heterocycles. The van der Waals surface area contributed by atoms with Gasteiger partial charge < -0.3 is 24.7 Å². The highest BCUT2D eigenvalue weighted by atomic mass is 16.6. The maximum absolute atomic E-state index is 5.82. The first kappa shape index (κ1) is 15.5. The summed E-state index contributed by atoms with van der Waals surface area (Å²) in [4.78, 5) is 0. The molecule has 0 fully saturated rings. The molecule has 0 aromatic carbocycles. The Kier molecular flexibility index (Phi) is 8.42. The van der Waals surface area contributed by atoms with Crippen LogP contribution in [0.1, 0.15) is 6.42 Å². The first-order valence-corrected chi connectivity index (χ1v) is 5.18. The van der Waals surface area contributed by atoms with Gasteiger partial charge in [0, 0.05) is 34.4 Å². The van der Waals surface area contributed by atoms with Crippen LogP contribution in [0.25, 0.3) is 0 Å². The van der Waals surface area contributed by atoms with E-state index in [-0.39, 0.29) is 0 Å². The van der Waals surface area contributed by atoms with Crippen LogP contribution < -0.4 is 5.73 Å². The monoisotopic (exact) mass is 233 g/mol. The largest absolute Gasteiger partial charge is 0.385 e. The average Bonchev–Trinajstić information content (AvgIpc) is 2.27. The fourth-order valence-electron chi connectivity index (χ4n) is 1.36. The molecule has 0 radical (unpaired) electrons. The van der Waals surface area contributed by atoms with E-state index in [1.807, 2.05) is 0 Å². The Hall–Kier alpha value is -0.460. The molecule has 0 aromatic heterocycles. The highest BCUT2D eigenvalue weighted by Gasteiger charge is 2.30. The fraction of sp³-hybridized carbons (Fsp3) is 0.818. The Bertz CT molecular complexity index is 181. The fourth-order valence-corrected chi connectivity index (χ4v) is 1.36. The predicted octanol–water partition coefficient (Wildman–Crippen LogP) is 0.542. The van der Waals surface area contributed by atoms with Crippen LogP contribution in [0, 0.1) is 0 Å². The standard InChI is InChI=1S/C11H23NO4/c1-5-11(8-14-3,9-15-4)16-10(12)6-7-13-2/h5,10H,1,6-9,12H2,2-4H3. The Balaban J connectivity index is 4.32. The van der Waals surface area contributed by atoms with Crippen molar-refractivity contribution in [1.82, 2.24) is 0 Å². The number of methoxy groups -OCH3 is 3. The van der Waals surface area contributed by atoms with E-state index in [0.29, 0.717) is 26.2 Å². The zero-order valence-corrected chi connectivity index (χ0v) is 10.4. The third-order valence-corrected chi connectivity index (χ3v) is 2.14. The summed E-state index contributed by atoms with van der Waals surface area (Å²) in [6.45, 7) is 4.99. The minimum absolute atomic E-state index is 0.352. The molecule has 0 aliphatic rings. The molecule has 5 heteroatoms. The Morgan fingerprint density at radius 3 is 2.12 bits per heavy atom. The van der Waals surface area contributed by atoms with Crippen LogP contribution in [-0.4, -0.2) is 53.0 Å². The van der Waals surface area contributed by atoms with Gasteiger partial charge >= 0.3 is 0 Å². The van der Waals surface area contributed by atoms with E-state index < -0.39 is 11.8 Å². The van der Waals surface area contributed by atoms with Gasteiger partial charge in [-0.2, -0.15) is 0 Å². The second kappa shape index (κ2) is 8.66. The van der Waals surface area contributed by atoms with Crippen LogP contribution in [0.15, 0.2) is 12.7 Å². The molecule has 0 rings (SSSR count). The van der Waals surface area contributed by atoms with Gasteiger partial charge in [0.05, 0.1) is 13.2 Å². The molecule has 1 unspecified atom stereocenters. The van der Waals surface area contributed by atoms with Crippen molar-refractivity contribution in [2.75, 3.05) is 41.2 Å². The predicted molar refractivity (Wildman–Crippen MR) is 62.2 cm³/mol. The van der Waals surface area contributed by atoms with Gasteiger partial charge in [0.1, 0.15) is 11.8 Å². The normalized spacial score (nSPS) is 13.8. The summed E-state index contributed by atoms with van der Waals surface area (Å²) in [5.74, 6) is 0. The molecule has 0 aromatic rings. The SMILES string of the molecule is C=CC(COC)(COC)OC(N)CCOC. The van der Waals surface area contributed by atoms with E-state index >= 15 is 0 Å². The topological polar surface area (TPSA) is 62.9 Å². The highest BCUT2D eigenvalue weighted by Crippen LogP contribution is 2.16. The summed E-state index contributed by atoms with van der Waals surface area (Å²) in [5.41, 5.74) is 5.12. The van der Waals surface area contributed by atoms with E-state index in [9.17, 15) is 0 Å². The summed E-state index contributed by atoms with van der Waals surface area (Å²) in [7, 11) is 4.81. The number of ether oxygens (including phenoxy) is 4. The zero-order valence-electron chi connectivity index (χ0n) is 10.4. The molecule has 0 aliphatic heterocycles. The van der Waals surface area contributed by atoms with Crippen LogP contribution in [0.3, 0.4) is 0 Å². The van der Waals surface area contributed by atoms with Gasteiger partial charge in [-0.1, -0.05) is 6.08 Å². The van der Waals surface area contributed by atoms with Gasteiger partial charge in [0.25, 0.3) is 0 Å². The quantitative estimate of drug-likeness (QED) is 0.441. The lowest BCUT2D eigenvalue weighted by Gasteiger charge is -2.32. The van der Waals surface area contributed by atoms with E-state index in [1.165, 1.54) is 0 Å². The zero-order chi connectivity index (χ0) is 12.4. The number of rotatable bonds is 10. The Morgan fingerprint density at radius 2 is 1.75 bits per heavy atom. The summed E-state index contributed by atoms with van der Waals surface area (Å²) in [5, 5.41) is 0. The van der Waals surface area contributed by atoms with Crippen LogP contribution in [0.5, 0.6) is 0 Å². The van der Waals surface area contributed by atoms with Crippen molar-refractivity contribution in [3.8, 4) is 0 Å². The highest BCUT2D eigenvalue weighted by molar-refractivity contribution is 4.98. The molecule has 0 spiro atoms. The molecule has 96 valence electrons. The number of hydrogen-bond acceptors (Lipinski definition) is 5. The van der Waals surface area contributed by atoms with Crippen LogP contribution in [0.2, 0.25) is 0 Å². The first-order valence-electron chi connectivity index (χ1n) is 5.18. The maximum atomic E-state index is 5.82. The second-order valence-corrected chi connectivity index (χ2v) is 3.57. The Morgan fingerprint density at radius 1 is 1.19 bits per heavy atom. The summed E-state index contributed by atoms with van der Waals surface area (Å²) >= 11 is 0. The lowest BCUT2D eigenvalue weighted by molar-refractivity contribution is -0.129. The van der Waals surface area contributed by atoms with Crippen LogP contribution in [-0.2, 0) is 18.9 Å². The van der Waals surface area contributed by atoms with Gasteiger partial charge in [-0.25, -0.2) is 0 Å². The molecule has 1 atom stereocenters. The lowest BCUT2D eigenvalue weighted by Crippen LogP contribution is -2.46. The molecule has 0 amide bonds. The lowest BCUT2D eigenvalue weighted by atomic mass is 10.1. The number of nitrogens with two attached hydrogens (primary N) is 1. The molecule has 0 bridgehead atoms. The van der Waals surface area contributed by atoms with Crippen LogP contribution >= 0.6 is 0 Å². The van der Waals surface area contributed by atoms with Crippen molar-refractivity contribution in [1.29, 1.82) is 0 Å². The molecule has 0 heterocycles. The van der Waals surface area contributed by atoms with Gasteiger partial charge in [-0.05, 0) is 0 Å². The number of hydrogen-bond donors (Lipinski definition) is 1. The summed E-state index contributed by atoms with van der Waals surface area (Å²) in [6.07, 6.45) is 1.84. The maximum Gasteiger partial charge on any atom is 0.134 e. The van der Waals surface area contributed by atoms with Crippen molar-refractivity contribution in [2.24, 2.45) is 5.73 Å². The van der Waals surface area contributed by atoms with Crippen molar-refractivity contribution in [3.63, 3.8) is 0 Å². The summed E-state index contributed by atoms with van der Waals surface area (Å²) < 4.78 is 20.8. The minimum atomic E-state index is -0.698. The van der Waals surface area contributed by atoms with E-state index in [2.05, 4.69) is 6.58 Å². The van der Waals surface area contributed by atoms with Crippen LogP contribution in [0.4, 0.5) is 0 Å². The van der Waals surface area contributed by atoms with Gasteiger partial charge in [-0.15, -0.1) is 6.58 Å². The average molecular weight is 233 g/mol. The first-order chi connectivity index (χ1) is 7.64. The third kappa shape index (κ3) is 5.58. The Labute approximate surface area is 97.5 Å².